The number of nitrogens with one attached hydrogen (secondary N) is 1. The number of carbonyl (C=O) groups excluding carboxylic acids is 1. The van der Waals surface area contributed by atoms with Crippen LogP contribution in [0, 0.1) is 10.1 Å². The molecular formula is C14H18ClN3O5. The van der Waals surface area contributed by atoms with Gasteiger partial charge in [0.15, 0.2) is 0 Å². The number of anilines is 2. The van der Waals surface area contributed by atoms with Crippen LogP contribution < -0.4 is 10.2 Å². The molecule has 0 saturated carbocycles. The monoisotopic (exact) mass is 343 g/mol. The van der Waals surface area contributed by atoms with E-state index in [2.05, 4.69) is 5.32 Å². The van der Waals surface area contributed by atoms with Gasteiger partial charge in [-0.2, -0.15) is 0 Å². The third kappa shape index (κ3) is 4.97. The Balaban J connectivity index is 2.09. The number of alkyl halides is 1. The van der Waals surface area contributed by atoms with Crippen molar-refractivity contribution in [3.8, 4) is 0 Å². The Labute approximate surface area is 138 Å². The van der Waals surface area contributed by atoms with Gasteiger partial charge in [0.05, 0.1) is 30.4 Å². The Hall–Kier alpha value is -2.06. The van der Waals surface area contributed by atoms with Crippen LogP contribution in [-0.2, 0) is 9.47 Å². The third-order valence-corrected chi connectivity index (χ3v) is 3.55. The normalized spacial score (nSPS) is 14.4. The van der Waals surface area contributed by atoms with Crippen LogP contribution in [0.15, 0.2) is 18.2 Å². The van der Waals surface area contributed by atoms with Gasteiger partial charge >= 0.3 is 6.09 Å². The molecule has 1 aromatic carbocycles. The highest BCUT2D eigenvalue weighted by Gasteiger charge is 2.22. The van der Waals surface area contributed by atoms with Gasteiger partial charge in [-0.25, -0.2) is 4.79 Å². The van der Waals surface area contributed by atoms with Crippen LogP contribution in [0.25, 0.3) is 0 Å². The summed E-state index contributed by atoms with van der Waals surface area (Å²) in [6.45, 7) is 2.44. The SMILES string of the molecule is O=C(Nc1ccc(N2CCOCC2)c([N+](=O)[O-])c1)OCCCCl. The maximum Gasteiger partial charge on any atom is 0.411 e. The van der Waals surface area contributed by atoms with E-state index in [0.717, 1.165) is 0 Å². The predicted octanol–water partition coefficient (Wildman–Crippen LogP) is 2.61. The Morgan fingerprint density at radius 3 is 2.83 bits per heavy atom. The highest BCUT2D eigenvalue weighted by Crippen LogP contribution is 2.31. The molecule has 1 N–H and O–H groups in total. The molecule has 8 nitrogen and oxygen atoms in total. The van der Waals surface area contributed by atoms with E-state index in [1.807, 2.05) is 4.90 Å². The molecule has 1 aromatic rings. The molecule has 1 aliphatic rings. The molecule has 0 atom stereocenters. The minimum absolute atomic E-state index is 0.0644. The molecule has 0 bridgehead atoms. The van der Waals surface area contributed by atoms with Crippen molar-refractivity contribution in [3.63, 3.8) is 0 Å². The topological polar surface area (TPSA) is 93.9 Å². The van der Waals surface area contributed by atoms with Gasteiger partial charge in [-0.15, -0.1) is 11.6 Å². The fourth-order valence-electron chi connectivity index (χ4n) is 2.19. The molecule has 126 valence electrons. The first kappa shape index (κ1) is 17.3. The van der Waals surface area contributed by atoms with Crippen LogP contribution in [0.1, 0.15) is 6.42 Å². The van der Waals surface area contributed by atoms with Gasteiger partial charge < -0.3 is 14.4 Å². The quantitative estimate of drug-likeness (QED) is 0.369. The number of carbonyl (C=O) groups is 1. The van der Waals surface area contributed by atoms with Gasteiger partial charge in [0.2, 0.25) is 0 Å². The molecule has 1 amide bonds. The molecule has 1 fully saturated rings. The Morgan fingerprint density at radius 2 is 2.17 bits per heavy atom. The van der Waals surface area contributed by atoms with Gasteiger partial charge in [0, 0.05) is 25.0 Å². The molecule has 0 spiro atoms. The van der Waals surface area contributed by atoms with Crippen molar-refractivity contribution in [2.24, 2.45) is 0 Å². The lowest BCUT2D eigenvalue weighted by molar-refractivity contribution is -0.384. The number of ether oxygens (including phenoxy) is 2. The third-order valence-electron chi connectivity index (χ3n) is 3.28. The van der Waals surface area contributed by atoms with Crippen molar-refractivity contribution in [1.29, 1.82) is 0 Å². The minimum Gasteiger partial charge on any atom is -0.449 e. The second-order valence-corrected chi connectivity index (χ2v) is 5.24. The van der Waals surface area contributed by atoms with E-state index in [4.69, 9.17) is 21.1 Å². The average Bonchev–Trinajstić information content (AvgIpc) is 2.56. The highest BCUT2D eigenvalue weighted by atomic mass is 35.5. The summed E-state index contributed by atoms with van der Waals surface area (Å²) in [5.41, 5.74) is 0.759. The lowest BCUT2D eigenvalue weighted by atomic mass is 10.2. The van der Waals surface area contributed by atoms with E-state index in [0.29, 0.717) is 50.0 Å². The molecule has 23 heavy (non-hydrogen) atoms. The maximum absolute atomic E-state index is 11.6. The Bertz CT molecular complexity index is 563. The average molecular weight is 344 g/mol. The fourth-order valence-corrected chi connectivity index (χ4v) is 2.30. The second-order valence-electron chi connectivity index (χ2n) is 4.86. The number of nitro benzene ring substituents is 1. The maximum atomic E-state index is 11.6. The van der Waals surface area contributed by atoms with Crippen molar-refractivity contribution in [3.05, 3.63) is 28.3 Å². The summed E-state index contributed by atoms with van der Waals surface area (Å²) in [6.07, 6.45) is -0.117. The zero-order valence-corrected chi connectivity index (χ0v) is 13.3. The van der Waals surface area contributed by atoms with E-state index in [-0.39, 0.29) is 12.3 Å². The molecule has 9 heteroatoms. The Kier molecular flexibility index (Phi) is 6.42. The van der Waals surface area contributed by atoms with Gasteiger partial charge in [-0.1, -0.05) is 0 Å². The van der Waals surface area contributed by atoms with Gasteiger partial charge in [-0.05, 0) is 18.6 Å². The van der Waals surface area contributed by atoms with Gasteiger partial charge in [0.1, 0.15) is 5.69 Å². The molecule has 1 heterocycles. The molecule has 0 unspecified atom stereocenters. The molecular weight excluding hydrogens is 326 g/mol. The number of nitrogens with zero attached hydrogens (tertiary/aromatic N) is 2. The van der Waals surface area contributed by atoms with Crippen molar-refractivity contribution in [2.75, 3.05) is 49.0 Å². The zero-order chi connectivity index (χ0) is 16.7. The summed E-state index contributed by atoms with van der Waals surface area (Å²) in [6, 6.07) is 4.56. The van der Waals surface area contributed by atoms with E-state index >= 15 is 0 Å². The molecule has 1 saturated heterocycles. The van der Waals surface area contributed by atoms with Crippen LogP contribution in [0.2, 0.25) is 0 Å². The summed E-state index contributed by atoms with van der Waals surface area (Å²) in [7, 11) is 0. The van der Waals surface area contributed by atoms with Gasteiger partial charge in [0.25, 0.3) is 5.69 Å². The fraction of sp³-hybridized carbons (Fsp3) is 0.500. The predicted molar refractivity (Wildman–Crippen MR) is 86.4 cm³/mol. The van der Waals surface area contributed by atoms with Crippen molar-refractivity contribution in [1.82, 2.24) is 0 Å². The number of hydrogen-bond donors (Lipinski definition) is 1. The summed E-state index contributed by atoms with van der Waals surface area (Å²) in [4.78, 5) is 24.3. The second kappa shape index (κ2) is 8.54. The van der Waals surface area contributed by atoms with Crippen LogP contribution in [-0.4, -0.2) is 49.8 Å². The standard InChI is InChI=1S/C14H18ClN3O5/c15-4-1-7-23-14(19)16-11-2-3-12(13(10-11)18(20)21)17-5-8-22-9-6-17/h2-3,10H,1,4-9H2,(H,16,19). The largest absolute Gasteiger partial charge is 0.449 e. The summed E-state index contributed by atoms with van der Waals surface area (Å²) < 4.78 is 10.2. The lowest BCUT2D eigenvalue weighted by Crippen LogP contribution is -2.36. The Morgan fingerprint density at radius 1 is 1.43 bits per heavy atom. The van der Waals surface area contributed by atoms with Crippen LogP contribution in [0.4, 0.5) is 21.9 Å². The van der Waals surface area contributed by atoms with E-state index in [1.165, 1.54) is 6.07 Å². The minimum atomic E-state index is -0.663. The first-order valence-corrected chi connectivity index (χ1v) is 7.76. The molecule has 2 rings (SSSR count). The van der Waals surface area contributed by atoms with Gasteiger partial charge in [-0.3, -0.25) is 15.4 Å². The smallest absolute Gasteiger partial charge is 0.411 e. The number of amides is 1. The number of morpholine rings is 1. The molecule has 0 aromatic heterocycles. The van der Waals surface area contributed by atoms with Crippen molar-refractivity contribution >= 4 is 34.8 Å². The first-order valence-electron chi connectivity index (χ1n) is 7.22. The number of halogens is 1. The summed E-state index contributed by atoms with van der Waals surface area (Å²) >= 11 is 5.49. The molecule has 0 aliphatic carbocycles. The number of hydrogen-bond acceptors (Lipinski definition) is 6. The summed E-state index contributed by atoms with van der Waals surface area (Å²) in [5.74, 6) is 0.396. The van der Waals surface area contributed by atoms with Crippen molar-refractivity contribution < 1.29 is 19.2 Å². The van der Waals surface area contributed by atoms with Crippen LogP contribution in [0.3, 0.4) is 0 Å². The van der Waals surface area contributed by atoms with Crippen LogP contribution in [0.5, 0.6) is 0 Å². The number of rotatable bonds is 6. The first-order chi connectivity index (χ1) is 11.1. The molecule has 1 aliphatic heterocycles. The summed E-state index contributed by atoms with van der Waals surface area (Å²) in [5, 5.41) is 13.8. The zero-order valence-electron chi connectivity index (χ0n) is 12.5. The molecule has 0 radical (unpaired) electrons. The van der Waals surface area contributed by atoms with Crippen LogP contribution >= 0.6 is 11.6 Å². The van der Waals surface area contributed by atoms with E-state index in [9.17, 15) is 14.9 Å². The van der Waals surface area contributed by atoms with E-state index < -0.39 is 11.0 Å². The number of benzene rings is 1. The van der Waals surface area contributed by atoms with Crippen molar-refractivity contribution in [2.45, 2.75) is 6.42 Å². The highest BCUT2D eigenvalue weighted by molar-refractivity contribution is 6.17. The number of nitro groups is 1. The lowest BCUT2D eigenvalue weighted by Gasteiger charge is -2.28. The van der Waals surface area contributed by atoms with E-state index in [1.54, 1.807) is 12.1 Å².